The van der Waals surface area contributed by atoms with Crippen LogP contribution in [0.3, 0.4) is 0 Å². The summed E-state index contributed by atoms with van der Waals surface area (Å²) in [7, 11) is 1.66. The Hall–Kier alpha value is -1.16. The van der Waals surface area contributed by atoms with Crippen LogP contribution in [0.5, 0.6) is 0 Å². The first-order valence-corrected chi connectivity index (χ1v) is 4.60. The van der Waals surface area contributed by atoms with Gasteiger partial charge in [0.05, 0.1) is 0 Å². The van der Waals surface area contributed by atoms with Gasteiger partial charge in [-0.15, -0.1) is 0 Å². The second-order valence-corrected chi connectivity index (χ2v) is 3.17. The quantitative estimate of drug-likeness (QED) is 0.735. The van der Waals surface area contributed by atoms with E-state index in [9.17, 15) is 4.39 Å². The molecular formula is C10H15FN2O. The van der Waals surface area contributed by atoms with Crippen molar-refractivity contribution < 1.29 is 9.13 Å². The first-order chi connectivity index (χ1) is 6.72. The predicted molar refractivity (Wildman–Crippen MR) is 53.8 cm³/mol. The van der Waals surface area contributed by atoms with E-state index < -0.39 is 5.95 Å². The molecule has 1 atom stereocenters. The van der Waals surface area contributed by atoms with Crippen molar-refractivity contribution >= 4 is 5.82 Å². The maximum atomic E-state index is 12.7. The largest absolute Gasteiger partial charge is 0.385 e. The summed E-state index contributed by atoms with van der Waals surface area (Å²) in [5, 5.41) is 3.09. The molecule has 1 rings (SSSR count). The first-order valence-electron chi connectivity index (χ1n) is 4.60. The van der Waals surface area contributed by atoms with Crippen LogP contribution >= 0.6 is 0 Å². The van der Waals surface area contributed by atoms with Crippen LogP contribution in [0.15, 0.2) is 18.2 Å². The van der Waals surface area contributed by atoms with Crippen LogP contribution in [0.4, 0.5) is 10.2 Å². The summed E-state index contributed by atoms with van der Waals surface area (Å²) in [4.78, 5) is 3.70. The average Bonchev–Trinajstić information content (AvgIpc) is 2.15. The number of nitrogens with one attached hydrogen (secondary N) is 1. The van der Waals surface area contributed by atoms with Crippen molar-refractivity contribution in [2.75, 3.05) is 19.0 Å². The monoisotopic (exact) mass is 198 g/mol. The second kappa shape index (κ2) is 5.54. The molecule has 0 amide bonds. The molecule has 1 heterocycles. The zero-order valence-electron chi connectivity index (χ0n) is 8.46. The second-order valence-electron chi connectivity index (χ2n) is 3.17. The topological polar surface area (TPSA) is 34.1 Å². The van der Waals surface area contributed by atoms with Crippen molar-refractivity contribution in [1.29, 1.82) is 0 Å². The number of rotatable bonds is 5. The Balaban J connectivity index is 2.43. The fourth-order valence-corrected chi connectivity index (χ4v) is 1.11. The van der Waals surface area contributed by atoms with Crippen molar-refractivity contribution in [2.45, 2.75) is 19.4 Å². The van der Waals surface area contributed by atoms with E-state index in [0.29, 0.717) is 12.4 Å². The number of pyridine rings is 1. The standard InChI is InChI=1S/C10H15FN2O/c1-8(6-7-14-2)12-10-5-3-4-9(11)13-10/h3-5,8H,6-7H2,1-2H3,(H,12,13). The number of hydrogen-bond acceptors (Lipinski definition) is 3. The average molecular weight is 198 g/mol. The summed E-state index contributed by atoms with van der Waals surface area (Å²) in [5.74, 6) is 0.0996. The Morgan fingerprint density at radius 2 is 2.36 bits per heavy atom. The molecule has 78 valence electrons. The van der Waals surface area contributed by atoms with E-state index in [1.165, 1.54) is 6.07 Å². The van der Waals surface area contributed by atoms with E-state index in [0.717, 1.165) is 6.42 Å². The minimum atomic E-state index is -0.464. The van der Waals surface area contributed by atoms with Gasteiger partial charge in [0.2, 0.25) is 5.95 Å². The number of aromatic nitrogens is 1. The molecule has 0 aromatic carbocycles. The summed E-state index contributed by atoms with van der Waals surface area (Å²) in [6.45, 7) is 2.69. The van der Waals surface area contributed by atoms with E-state index >= 15 is 0 Å². The summed E-state index contributed by atoms with van der Waals surface area (Å²) in [6.07, 6.45) is 0.870. The van der Waals surface area contributed by atoms with Crippen LogP contribution in [0.1, 0.15) is 13.3 Å². The molecule has 1 N–H and O–H groups in total. The zero-order valence-corrected chi connectivity index (χ0v) is 8.46. The van der Waals surface area contributed by atoms with Crippen LogP contribution in [0.25, 0.3) is 0 Å². The van der Waals surface area contributed by atoms with Gasteiger partial charge in [0.1, 0.15) is 5.82 Å². The van der Waals surface area contributed by atoms with Gasteiger partial charge < -0.3 is 10.1 Å². The highest BCUT2D eigenvalue weighted by molar-refractivity contribution is 5.34. The Labute approximate surface area is 83.3 Å². The van der Waals surface area contributed by atoms with Gasteiger partial charge in [-0.05, 0) is 25.5 Å². The van der Waals surface area contributed by atoms with Gasteiger partial charge in [0.15, 0.2) is 0 Å². The summed E-state index contributed by atoms with van der Waals surface area (Å²) >= 11 is 0. The van der Waals surface area contributed by atoms with Crippen molar-refractivity contribution in [3.8, 4) is 0 Å². The van der Waals surface area contributed by atoms with E-state index in [4.69, 9.17) is 4.74 Å². The predicted octanol–water partition coefficient (Wildman–Crippen LogP) is 2.06. The maximum Gasteiger partial charge on any atom is 0.214 e. The third-order valence-electron chi connectivity index (χ3n) is 1.86. The lowest BCUT2D eigenvalue weighted by Gasteiger charge is -2.13. The van der Waals surface area contributed by atoms with E-state index in [1.54, 1.807) is 19.2 Å². The van der Waals surface area contributed by atoms with Crippen LogP contribution in [0, 0.1) is 5.95 Å². The molecule has 0 aliphatic heterocycles. The van der Waals surface area contributed by atoms with Crippen molar-refractivity contribution in [2.24, 2.45) is 0 Å². The number of anilines is 1. The molecular weight excluding hydrogens is 183 g/mol. The summed E-state index contributed by atoms with van der Waals surface area (Å²) < 4.78 is 17.6. The highest BCUT2D eigenvalue weighted by atomic mass is 19.1. The van der Waals surface area contributed by atoms with E-state index in [1.807, 2.05) is 6.92 Å². The number of ether oxygens (including phenoxy) is 1. The first kappa shape index (κ1) is 10.9. The van der Waals surface area contributed by atoms with Crippen LogP contribution < -0.4 is 5.32 Å². The molecule has 0 bridgehead atoms. The highest BCUT2D eigenvalue weighted by Gasteiger charge is 2.02. The molecule has 0 fully saturated rings. The van der Waals surface area contributed by atoms with Crippen molar-refractivity contribution in [1.82, 2.24) is 4.98 Å². The molecule has 0 saturated carbocycles. The summed E-state index contributed by atoms with van der Waals surface area (Å²) in [6, 6.07) is 4.93. The van der Waals surface area contributed by atoms with Crippen LogP contribution in [-0.4, -0.2) is 24.7 Å². The molecule has 0 radical (unpaired) electrons. The zero-order chi connectivity index (χ0) is 10.4. The van der Waals surface area contributed by atoms with Gasteiger partial charge in [-0.2, -0.15) is 4.39 Å². The number of hydrogen-bond donors (Lipinski definition) is 1. The van der Waals surface area contributed by atoms with E-state index in [2.05, 4.69) is 10.3 Å². The van der Waals surface area contributed by atoms with Gasteiger partial charge in [0.25, 0.3) is 0 Å². The Bertz CT molecular complexity index is 281. The van der Waals surface area contributed by atoms with Crippen molar-refractivity contribution in [3.63, 3.8) is 0 Å². The molecule has 4 heteroatoms. The van der Waals surface area contributed by atoms with E-state index in [-0.39, 0.29) is 6.04 Å². The van der Waals surface area contributed by atoms with Gasteiger partial charge in [-0.1, -0.05) is 6.07 Å². The molecule has 14 heavy (non-hydrogen) atoms. The third kappa shape index (κ3) is 3.70. The van der Waals surface area contributed by atoms with Gasteiger partial charge in [0, 0.05) is 19.8 Å². The van der Waals surface area contributed by atoms with Gasteiger partial charge in [-0.25, -0.2) is 4.98 Å². The smallest absolute Gasteiger partial charge is 0.214 e. The lowest BCUT2D eigenvalue weighted by molar-refractivity contribution is 0.191. The molecule has 1 unspecified atom stereocenters. The molecule has 0 spiro atoms. The molecule has 3 nitrogen and oxygen atoms in total. The molecule has 0 saturated heterocycles. The third-order valence-corrected chi connectivity index (χ3v) is 1.86. The molecule has 0 aliphatic rings. The minimum absolute atomic E-state index is 0.226. The van der Waals surface area contributed by atoms with Gasteiger partial charge >= 0.3 is 0 Å². The Morgan fingerprint density at radius 3 is 3.00 bits per heavy atom. The lowest BCUT2D eigenvalue weighted by atomic mass is 10.2. The Kier molecular flexibility index (Phi) is 4.32. The maximum absolute atomic E-state index is 12.7. The van der Waals surface area contributed by atoms with Crippen LogP contribution in [0.2, 0.25) is 0 Å². The molecule has 0 aliphatic carbocycles. The summed E-state index contributed by atoms with van der Waals surface area (Å²) in [5.41, 5.74) is 0. The number of methoxy groups -OCH3 is 1. The SMILES string of the molecule is COCCC(C)Nc1cccc(F)n1. The fourth-order valence-electron chi connectivity index (χ4n) is 1.11. The Morgan fingerprint density at radius 1 is 1.57 bits per heavy atom. The minimum Gasteiger partial charge on any atom is -0.385 e. The van der Waals surface area contributed by atoms with Gasteiger partial charge in [-0.3, -0.25) is 0 Å². The molecule has 1 aromatic rings. The molecule has 1 aromatic heterocycles. The van der Waals surface area contributed by atoms with Crippen molar-refractivity contribution in [3.05, 3.63) is 24.1 Å². The normalized spacial score (nSPS) is 12.5. The lowest BCUT2D eigenvalue weighted by Crippen LogP contribution is -2.18. The fraction of sp³-hybridized carbons (Fsp3) is 0.500. The number of nitrogens with zero attached hydrogens (tertiary/aromatic N) is 1. The van der Waals surface area contributed by atoms with Crippen LogP contribution in [-0.2, 0) is 4.74 Å². The highest BCUT2D eigenvalue weighted by Crippen LogP contribution is 2.06. The number of halogens is 1.